The van der Waals surface area contributed by atoms with Gasteiger partial charge < -0.3 is 9.30 Å². The molecule has 0 atom stereocenters. The number of hydrogen-bond acceptors (Lipinski definition) is 1. The number of rotatable bonds is 2. The summed E-state index contributed by atoms with van der Waals surface area (Å²) in [6, 6.07) is 16.5. The molecule has 0 radical (unpaired) electrons. The molecule has 3 aromatic rings. The minimum Gasteiger partial charge on any atom is -0.497 e. The molecule has 0 unspecified atom stereocenters. The average Bonchev–Trinajstić information content (AvgIpc) is 2.77. The van der Waals surface area contributed by atoms with Gasteiger partial charge >= 0.3 is 0 Å². The molecular formula is C15H12INO. The first-order chi connectivity index (χ1) is 8.79. The number of para-hydroxylation sites is 1. The van der Waals surface area contributed by atoms with Crippen molar-refractivity contribution in [2.75, 3.05) is 7.11 Å². The number of hydrogen-bond donors (Lipinski definition) is 0. The Morgan fingerprint density at radius 2 is 1.72 bits per heavy atom. The fraction of sp³-hybridized carbons (Fsp3) is 0.0667. The summed E-state index contributed by atoms with van der Waals surface area (Å²) in [6.07, 6.45) is 2.16. The smallest absolute Gasteiger partial charge is 0.119 e. The van der Waals surface area contributed by atoms with Crippen molar-refractivity contribution in [3.8, 4) is 11.4 Å². The minimum absolute atomic E-state index is 0.880. The predicted octanol–water partition coefficient (Wildman–Crippen LogP) is 4.24. The monoisotopic (exact) mass is 349 g/mol. The van der Waals surface area contributed by atoms with Crippen LogP contribution < -0.4 is 4.74 Å². The van der Waals surface area contributed by atoms with Gasteiger partial charge in [-0.15, -0.1) is 0 Å². The van der Waals surface area contributed by atoms with Gasteiger partial charge in [-0.05, 0) is 52.9 Å². The van der Waals surface area contributed by atoms with Crippen molar-refractivity contribution >= 4 is 33.5 Å². The van der Waals surface area contributed by atoms with Gasteiger partial charge in [0.15, 0.2) is 0 Å². The largest absolute Gasteiger partial charge is 0.497 e. The normalized spacial score (nSPS) is 10.8. The Morgan fingerprint density at radius 3 is 2.44 bits per heavy atom. The maximum atomic E-state index is 5.19. The van der Waals surface area contributed by atoms with Gasteiger partial charge in [-0.3, -0.25) is 0 Å². The molecule has 18 heavy (non-hydrogen) atoms. The van der Waals surface area contributed by atoms with Crippen LogP contribution in [-0.4, -0.2) is 11.7 Å². The van der Waals surface area contributed by atoms with E-state index in [4.69, 9.17) is 4.74 Å². The molecule has 2 nitrogen and oxygen atoms in total. The maximum Gasteiger partial charge on any atom is 0.119 e. The van der Waals surface area contributed by atoms with Gasteiger partial charge in [0.1, 0.15) is 5.75 Å². The first kappa shape index (κ1) is 11.6. The molecule has 0 saturated carbocycles. The third-order valence-electron chi connectivity index (χ3n) is 3.01. The van der Waals surface area contributed by atoms with E-state index in [1.807, 2.05) is 12.1 Å². The van der Waals surface area contributed by atoms with Crippen LogP contribution in [0.15, 0.2) is 54.7 Å². The molecule has 0 saturated heterocycles. The van der Waals surface area contributed by atoms with Crippen LogP contribution in [0, 0.1) is 3.57 Å². The minimum atomic E-state index is 0.880. The zero-order valence-electron chi connectivity index (χ0n) is 9.93. The highest BCUT2D eigenvalue weighted by Crippen LogP contribution is 2.26. The lowest BCUT2D eigenvalue weighted by Crippen LogP contribution is -1.91. The maximum absolute atomic E-state index is 5.19. The summed E-state index contributed by atoms with van der Waals surface area (Å²) in [5.74, 6) is 0.880. The standard InChI is InChI=1S/C15H12INO/c1-18-12-8-6-11(7-9-12)17-10-14(16)13-4-2-3-5-15(13)17/h2-10H,1H3. The van der Waals surface area contributed by atoms with Gasteiger partial charge in [-0.1, -0.05) is 18.2 Å². The molecule has 0 N–H and O–H groups in total. The summed E-state index contributed by atoms with van der Waals surface area (Å²) in [5, 5.41) is 1.29. The van der Waals surface area contributed by atoms with Gasteiger partial charge in [0.25, 0.3) is 0 Å². The predicted molar refractivity (Wildman–Crippen MR) is 82.5 cm³/mol. The van der Waals surface area contributed by atoms with Crippen LogP contribution in [0.25, 0.3) is 16.6 Å². The van der Waals surface area contributed by atoms with E-state index in [0.29, 0.717) is 0 Å². The lowest BCUT2D eigenvalue weighted by Gasteiger charge is -2.06. The van der Waals surface area contributed by atoms with E-state index in [2.05, 4.69) is 69.8 Å². The highest BCUT2D eigenvalue weighted by atomic mass is 127. The second kappa shape index (κ2) is 4.65. The second-order valence-electron chi connectivity index (χ2n) is 4.06. The number of benzene rings is 2. The molecule has 90 valence electrons. The average molecular weight is 349 g/mol. The van der Waals surface area contributed by atoms with Crippen molar-refractivity contribution in [2.45, 2.75) is 0 Å². The molecule has 1 heterocycles. The van der Waals surface area contributed by atoms with Crippen LogP contribution in [0.3, 0.4) is 0 Å². The Labute approximate surface area is 119 Å². The molecule has 0 fully saturated rings. The number of nitrogens with zero attached hydrogens (tertiary/aromatic N) is 1. The molecule has 0 amide bonds. The van der Waals surface area contributed by atoms with Crippen molar-refractivity contribution < 1.29 is 4.74 Å². The fourth-order valence-corrected chi connectivity index (χ4v) is 2.83. The molecule has 0 aliphatic carbocycles. The number of ether oxygens (including phenoxy) is 1. The van der Waals surface area contributed by atoms with Crippen molar-refractivity contribution in [1.82, 2.24) is 4.57 Å². The molecule has 0 aliphatic heterocycles. The zero-order chi connectivity index (χ0) is 12.5. The summed E-state index contributed by atoms with van der Waals surface area (Å²) in [4.78, 5) is 0. The Morgan fingerprint density at radius 1 is 1.00 bits per heavy atom. The zero-order valence-corrected chi connectivity index (χ0v) is 12.1. The van der Waals surface area contributed by atoms with Gasteiger partial charge in [-0.25, -0.2) is 0 Å². The lowest BCUT2D eigenvalue weighted by atomic mass is 10.2. The Hall–Kier alpha value is -1.49. The lowest BCUT2D eigenvalue weighted by molar-refractivity contribution is 0.415. The van der Waals surface area contributed by atoms with E-state index >= 15 is 0 Å². The van der Waals surface area contributed by atoms with Crippen LogP contribution in [0.1, 0.15) is 0 Å². The van der Waals surface area contributed by atoms with Crippen LogP contribution in [0.2, 0.25) is 0 Å². The van der Waals surface area contributed by atoms with E-state index in [-0.39, 0.29) is 0 Å². The number of aromatic nitrogens is 1. The molecule has 1 aromatic heterocycles. The first-order valence-electron chi connectivity index (χ1n) is 5.69. The van der Waals surface area contributed by atoms with Crippen LogP contribution in [0.4, 0.5) is 0 Å². The fourth-order valence-electron chi connectivity index (χ4n) is 2.09. The van der Waals surface area contributed by atoms with E-state index < -0.39 is 0 Å². The second-order valence-corrected chi connectivity index (χ2v) is 5.22. The van der Waals surface area contributed by atoms with Crippen molar-refractivity contribution in [1.29, 1.82) is 0 Å². The Kier molecular flexibility index (Phi) is 2.99. The van der Waals surface area contributed by atoms with Crippen molar-refractivity contribution in [3.05, 3.63) is 58.3 Å². The summed E-state index contributed by atoms with van der Waals surface area (Å²) >= 11 is 2.37. The quantitative estimate of drug-likeness (QED) is 0.631. The van der Waals surface area contributed by atoms with E-state index in [1.54, 1.807) is 7.11 Å². The highest BCUT2D eigenvalue weighted by molar-refractivity contribution is 14.1. The van der Waals surface area contributed by atoms with Crippen LogP contribution in [-0.2, 0) is 0 Å². The van der Waals surface area contributed by atoms with Crippen LogP contribution in [0.5, 0.6) is 5.75 Å². The van der Waals surface area contributed by atoms with Gasteiger partial charge in [0.2, 0.25) is 0 Å². The topological polar surface area (TPSA) is 14.2 Å². The first-order valence-corrected chi connectivity index (χ1v) is 6.77. The molecule has 0 spiro atoms. The summed E-state index contributed by atoms with van der Waals surface area (Å²) < 4.78 is 8.65. The van der Waals surface area contributed by atoms with Crippen molar-refractivity contribution in [3.63, 3.8) is 0 Å². The molecule has 3 rings (SSSR count). The Balaban J connectivity index is 2.18. The number of methoxy groups -OCH3 is 1. The van der Waals surface area contributed by atoms with E-state index in [1.165, 1.54) is 14.5 Å². The molecule has 3 heteroatoms. The molecule has 2 aromatic carbocycles. The summed E-state index contributed by atoms with van der Waals surface area (Å²) in [6.45, 7) is 0. The SMILES string of the molecule is COc1ccc(-n2cc(I)c3ccccc32)cc1. The third kappa shape index (κ3) is 1.88. The van der Waals surface area contributed by atoms with Gasteiger partial charge in [-0.2, -0.15) is 0 Å². The van der Waals surface area contributed by atoms with Crippen molar-refractivity contribution in [2.24, 2.45) is 0 Å². The highest BCUT2D eigenvalue weighted by Gasteiger charge is 2.06. The Bertz CT molecular complexity index is 685. The molecule has 0 aliphatic rings. The summed E-state index contributed by atoms with van der Waals surface area (Å²) in [7, 11) is 1.68. The van der Waals surface area contributed by atoms with E-state index in [9.17, 15) is 0 Å². The molecular weight excluding hydrogens is 337 g/mol. The van der Waals surface area contributed by atoms with E-state index in [0.717, 1.165) is 11.4 Å². The number of fused-ring (bicyclic) bond motifs is 1. The number of halogens is 1. The molecule has 0 bridgehead atoms. The van der Waals surface area contributed by atoms with Gasteiger partial charge in [0, 0.05) is 20.8 Å². The third-order valence-corrected chi connectivity index (χ3v) is 3.87. The summed E-state index contributed by atoms with van der Waals surface area (Å²) in [5.41, 5.74) is 2.38. The van der Waals surface area contributed by atoms with Crippen LogP contribution >= 0.6 is 22.6 Å². The van der Waals surface area contributed by atoms with Gasteiger partial charge in [0.05, 0.1) is 12.6 Å².